The molecule has 0 aromatic heterocycles. The highest BCUT2D eigenvalue weighted by Crippen LogP contribution is 2.17. The lowest BCUT2D eigenvalue weighted by molar-refractivity contribution is -0.143. The van der Waals surface area contributed by atoms with E-state index in [1.165, 1.54) is 69.1 Å². The smallest absolute Gasteiger partial charge is 0.411 e. The minimum atomic E-state index is -1.15. The van der Waals surface area contributed by atoms with Crippen molar-refractivity contribution in [2.45, 2.75) is 142 Å². The zero-order valence-electron chi connectivity index (χ0n) is 21.7. The van der Waals surface area contributed by atoms with E-state index in [2.05, 4.69) is 6.92 Å². The van der Waals surface area contributed by atoms with E-state index in [1.807, 2.05) is 0 Å². The summed E-state index contributed by atoms with van der Waals surface area (Å²) < 4.78 is 5.41. The molecule has 1 atom stereocenters. The molecule has 0 saturated carbocycles. The number of hydrogen-bond acceptors (Lipinski definition) is 4. The van der Waals surface area contributed by atoms with E-state index >= 15 is 0 Å². The van der Waals surface area contributed by atoms with Gasteiger partial charge in [0.2, 0.25) is 5.91 Å². The Morgan fingerprint density at radius 1 is 0.818 bits per heavy atom. The molecular weight excluding hydrogens is 420 g/mol. The predicted octanol–water partition coefficient (Wildman–Crippen LogP) is 6.42. The van der Waals surface area contributed by atoms with Crippen molar-refractivity contribution in [3.8, 4) is 0 Å². The summed E-state index contributed by atoms with van der Waals surface area (Å²) in [7, 11) is 0. The Balaban J connectivity index is 4.26. The number of primary amides is 1. The van der Waals surface area contributed by atoms with Crippen molar-refractivity contribution in [1.29, 1.82) is 0 Å². The van der Waals surface area contributed by atoms with Gasteiger partial charge in [-0.15, -0.1) is 0 Å². The molecule has 0 spiro atoms. The van der Waals surface area contributed by atoms with Crippen molar-refractivity contribution in [1.82, 2.24) is 4.90 Å². The van der Waals surface area contributed by atoms with Gasteiger partial charge in [-0.2, -0.15) is 0 Å². The lowest BCUT2D eigenvalue weighted by atomic mass is 10.0. The summed E-state index contributed by atoms with van der Waals surface area (Å²) >= 11 is 0. The van der Waals surface area contributed by atoms with Gasteiger partial charge in [-0.05, 0) is 33.6 Å². The molecule has 33 heavy (non-hydrogen) atoms. The van der Waals surface area contributed by atoms with Crippen LogP contribution in [-0.2, 0) is 14.3 Å². The van der Waals surface area contributed by atoms with E-state index in [0.717, 1.165) is 19.3 Å². The van der Waals surface area contributed by atoms with E-state index < -0.39 is 29.6 Å². The van der Waals surface area contributed by atoms with Gasteiger partial charge in [0.25, 0.3) is 0 Å². The minimum Gasteiger partial charge on any atom is -0.480 e. The first-order chi connectivity index (χ1) is 15.6. The van der Waals surface area contributed by atoms with Gasteiger partial charge in [0, 0.05) is 13.0 Å². The standard InChI is InChI=1S/C26H50N2O5/c1-5-6-7-8-9-10-11-12-13-14-15-16-17-18-21-28(25(32)33-26(2,3)4)22(24(30)31)19-20-23(27)29/h22H,5-21H2,1-4H3,(H2,27,29)(H,30,31)/t22-/m0/s1. The maximum absolute atomic E-state index is 12.6. The normalized spacial score (nSPS) is 12.4. The molecule has 0 fully saturated rings. The Morgan fingerprint density at radius 3 is 1.61 bits per heavy atom. The largest absolute Gasteiger partial charge is 0.480 e. The molecule has 0 saturated heterocycles. The number of unbranched alkanes of at least 4 members (excludes halogenated alkanes) is 13. The highest BCUT2D eigenvalue weighted by molar-refractivity contribution is 5.81. The summed E-state index contributed by atoms with van der Waals surface area (Å²) in [4.78, 5) is 36.8. The zero-order valence-corrected chi connectivity index (χ0v) is 21.7. The van der Waals surface area contributed by atoms with E-state index in [-0.39, 0.29) is 12.8 Å². The maximum atomic E-state index is 12.6. The van der Waals surface area contributed by atoms with Crippen LogP contribution < -0.4 is 5.73 Å². The summed E-state index contributed by atoms with van der Waals surface area (Å²) in [6, 6.07) is -1.12. The molecule has 0 aliphatic rings. The molecule has 3 N–H and O–H groups in total. The van der Waals surface area contributed by atoms with Crippen LogP contribution in [0.5, 0.6) is 0 Å². The van der Waals surface area contributed by atoms with Crippen molar-refractivity contribution >= 4 is 18.0 Å². The minimum absolute atomic E-state index is 0.0114. The molecule has 2 amide bonds. The third kappa shape index (κ3) is 18.3. The molecule has 0 aromatic rings. The Hall–Kier alpha value is -1.79. The van der Waals surface area contributed by atoms with Crippen molar-refractivity contribution in [3.05, 3.63) is 0 Å². The van der Waals surface area contributed by atoms with Crippen LogP contribution in [0.1, 0.15) is 130 Å². The van der Waals surface area contributed by atoms with Gasteiger partial charge >= 0.3 is 12.1 Å². The molecule has 0 aliphatic heterocycles. The van der Waals surface area contributed by atoms with Crippen LogP contribution >= 0.6 is 0 Å². The number of rotatable bonds is 20. The van der Waals surface area contributed by atoms with Crippen LogP contribution in [0.2, 0.25) is 0 Å². The highest BCUT2D eigenvalue weighted by Gasteiger charge is 2.32. The first-order valence-electron chi connectivity index (χ1n) is 13.1. The lowest BCUT2D eigenvalue weighted by Gasteiger charge is -2.31. The Labute approximate surface area is 201 Å². The monoisotopic (exact) mass is 470 g/mol. The van der Waals surface area contributed by atoms with Gasteiger partial charge in [-0.1, -0.05) is 90.4 Å². The van der Waals surface area contributed by atoms with Gasteiger partial charge in [0.1, 0.15) is 11.6 Å². The van der Waals surface area contributed by atoms with Gasteiger partial charge in [-0.3, -0.25) is 9.69 Å². The number of carboxylic acid groups (broad SMARTS) is 1. The molecule has 7 heteroatoms. The number of carbonyl (C=O) groups excluding carboxylic acids is 2. The molecule has 0 unspecified atom stereocenters. The highest BCUT2D eigenvalue weighted by atomic mass is 16.6. The number of aliphatic carboxylic acids is 1. The number of carboxylic acids is 1. The van der Waals surface area contributed by atoms with Crippen molar-refractivity contribution < 1.29 is 24.2 Å². The molecule has 0 heterocycles. The molecule has 0 bridgehead atoms. The van der Waals surface area contributed by atoms with Crippen LogP contribution in [0.4, 0.5) is 4.79 Å². The summed E-state index contributed by atoms with van der Waals surface area (Å²) in [5.74, 6) is -1.73. The van der Waals surface area contributed by atoms with Crippen molar-refractivity contribution in [3.63, 3.8) is 0 Å². The quantitative estimate of drug-likeness (QED) is 0.199. The third-order valence-corrected chi connectivity index (χ3v) is 5.71. The van der Waals surface area contributed by atoms with Crippen LogP contribution in [0.25, 0.3) is 0 Å². The number of carbonyl (C=O) groups is 3. The molecule has 194 valence electrons. The summed E-state index contributed by atoms with van der Waals surface area (Å²) in [6.45, 7) is 7.78. The summed E-state index contributed by atoms with van der Waals surface area (Å²) in [5, 5.41) is 9.62. The van der Waals surface area contributed by atoms with Crippen LogP contribution in [0.3, 0.4) is 0 Å². The molecule has 0 aliphatic carbocycles. The third-order valence-electron chi connectivity index (χ3n) is 5.71. The van der Waals surface area contributed by atoms with Crippen LogP contribution in [0.15, 0.2) is 0 Å². The van der Waals surface area contributed by atoms with Crippen LogP contribution in [0, 0.1) is 0 Å². The van der Waals surface area contributed by atoms with Crippen molar-refractivity contribution in [2.75, 3.05) is 6.54 Å². The zero-order chi connectivity index (χ0) is 25.1. The van der Waals surface area contributed by atoms with Gasteiger partial charge in [0.05, 0.1) is 0 Å². The van der Waals surface area contributed by atoms with Gasteiger partial charge < -0.3 is 15.6 Å². The van der Waals surface area contributed by atoms with E-state index in [1.54, 1.807) is 20.8 Å². The van der Waals surface area contributed by atoms with Gasteiger partial charge in [-0.25, -0.2) is 9.59 Å². The average Bonchev–Trinajstić information content (AvgIpc) is 2.70. The second-order valence-corrected chi connectivity index (χ2v) is 10.1. The Kier molecular flexibility index (Phi) is 17.6. The number of nitrogens with two attached hydrogens (primary N) is 1. The number of hydrogen-bond donors (Lipinski definition) is 2. The molecule has 7 nitrogen and oxygen atoms in total. The van der Waals surface area contributed by atoms with E-state index in [4.69, 9.17) is 10.5 Å². The number of nitrogens with zero attached hydrogens (tertiary/aromatic N) is 1. The second kappa shape index (κ2) is 18.6. The summed E-state index contributed by atoms with van der Waals surface area (Å²) in [6.07, 6.45) is 16.4. The fourth-order valence-electron chi connectivity index (χ4n) is 3.86. The fourth-order valence-corrected chi connectivity index (χ4v) is 3.86. The second-order valence-electron chi connectivity index (χ2n) is 10.1. The fraction of sp³-hybridized carbons (Fsp3) is 0.885. The van der Waals surface area contributed by atoms with E-state index in [9.17, 15) is 19.5 Å². The topological polar surface area (TPSA) is 110 Å². The lowest BCUT2D eigenvalue weighted by Crippen LogP contribution is -2.48. The SMILES string of the molecule is CCCCCCCCCCCCCCCCN(C(=O)OC(C)(C)C)[C@@H](CCC(N)=O)C(=O)O. The maximum Gasteiger partial charge on any atom is 0.411 e. The van der Waals surface area contributed by atoms with Crippen LogP contribution in [-0.4, -0.2) is 46.2 Å². The summed E-state index contributed by atoms with van der Waals surface area (Å²) in [5.41, 5.74) is 4.46. The first kappa shape index (κ1) is 31.2. The predicted molar refractivity (Wildman–Crippen MR) is 133 cm³/mol. The first-order valence-corrected chi connectivity index (χ1v) is 13.1. The number of ether oxygens (including phenoxy) is 1. The van der Waals surface area contributed by atoms with E-state index in [0.29, 0.717) is 13.0 Å². The Bertz CT molecular complexity index is 545. The average molecular weight is 471 g/mol. The Morgan fingerprint density at radius 2 is 1.24 bits per heavy atom. The molecule has 0 rings (SSSR count). The molecule has 0 radical (unpaired) electrons. The van der Waals surface area contributed by atoms with Crippen molar-refractivity contribution in [2.24, 2.45) is 5.73 Å². The number of amides is 2. The molecular formula is C26H50N2O5. The van der Waals surface area contributed by atoms with Gasteiger partial charge in [0.15, 0.2) is 0 Å². The molecule has 0 aromatic carbocycles.